The van der Waals surface area contributed by atoms with Crippen molar-refractivity contribution in [3.63, 3.8) is 0 Å². The molecule has 0 amide bonds. The normalized spacial score (nSPS) is 10.5. The van der Waals surface area contributed by atoms with Crippen LogP contribution >= 0.6 is 0 Å². The fraction of sp³-hybridized carbons (Fsp3) is 0.286. The Balaban J connectivity index is 2.46. The smallest absolute Gasteiger partial charge is 0.0835 e. The minimum absolute atomic E-state index is 0.632. The van der Waals surface area contributed by atoms with E-state index < -0.39 is 0 Å². The lowest BCUT2D eigenvalue weighted by Crippen LogP contribution is -2.12. The van der Waals surface area contributed by atoms with Gasteiger partial charge in [0, 0.05) is 12.7 Å². The van der Waals surface area contributed by atoms with Crippen LogP contribution in [0.1, 0.15) is 12.5 Å². The fourth-order valence-corrected chi connectivity index (χ4v) is 1.97. The van der Waals surface area contributed by atoms with E-state index in [1.807, 2.05) is 0 Å². The van der Waals surface area contributed by atoms with Crippen LogP contribution in [-0.2, 0) is 13.1 Å². The zero-order chi connectivity index (χ0) is 11.4. The van der Waals surface area contributed by atoms with Gasteiger partial charge in [0.15, 0.2) is 0 Å². The number of aromatic nitrogens is 1. The van der Waals surface area contributed by atoms with Crippen molar-refractivity contribution in [2.24, 2.45) is 0 Å². The average Bonchev–Trinajstić information content (AvgIpc) is 2.71. The molecule has 2 heteroatoms. The van der Waals surface area contributed by atoms with Gasteiger partial charge in [-0.2, -0.15) is 0 Å². The van der Waals surface area contributed by atoms with Crippen LogP contribution < -0.4 is 5.32 Å². The molecule has 0 saturated carbocycles. The summed E-state index contributed by atoms with van der Waals surface area (Å²) < 4.78 is 2.13. The second-order valence-electron chi connectivity index (χ2n) is 3.78. The van der Waals surface area contributed by atoms with Crippen molar-refractivity contribution < 1.29 is 0 Å². The summed E-state index contributed by atoms with van der Waals surface area (Å²) >= 11 is 0. The van der Waals surface area contributed by atoms with E-state index in [-0.39, 0.29) is 0 Å². The fourth-order valence-electron chi connectivity index (χ4n) is 1.97. The van der Waals surface area contributed by atoms with Crippen LogP contribution in [0.5, 0.6) is 0 Å². The third-order valence-electron chi connectivity index (χ3n) is 2.70. The van der Waals surface area contributed by atoms with Gasteiger partial charge in [0.25, 0.3) is 0 Å². The minimum atomic E-state index is 0.632. The van der Waals surface area contributed by atoms with Gasteiger partial charge in [0.05, 0.1) is 12.1 Å². The summed E-state index contributed by atoms with van der Waals surface area (Å²) in [5.41, 5.74) is 2.56. The summed E-state index contributed by atoms with van der Waals surface area (Å²) in [6, 6.07) is 8.48. The molecule has 2 rings (SSSR count). The first-order valence-corrected chi connectivity index (χ1v) is 5.57. The predicted octanol–water partition coefficient (Wildman–Crippen LogP) is 2.38. The van der Waals surface area contributed by atoms with Gasteiger partial charge in [-0.25, -0.2) is 0 Å². The predicted molar refractivity (Wildman–Crippen MR) is 68.2 cm³/mol. The van der Waals surface area contributed by atoms with E-state index in [1.54, 1.807) is 0 Å². The molecule has 82 valence electrons. The van der Waals surface area contributed by atoms with Gasteiger partial charge in [0.1, 0.15) is 0 Å². The quantitative estimate of drug-likeness (QED) is 0.770. The standard InChI is InChI=1S/C14H16N2/c1-3-9-16-10-8-12-6-5-7-13(14(12)16)11-15-4-2/h1,5-8,10,15H,4,9,11H2,2H3. The first-order chi connectivity index (χ1) is 7.86. The van der Waals surface area contributed by atoms with Crippen molar-refractivity contribution >= 4 is 10.9 Å². The van der Waals surface area contributed by atoms with Gasteiger partial charge in [-0.1, -0.05) is 31.0 Å². The van der Waals surface area contributed by atoms with Crippen LogP contribution in [0.2, 0.25) is 0 Å². The Labute approximate surface area is 96.3 Å². The van der Waals surface area contributed by atoms with Crippen molar-refractivity contribution in [2.45, 2.75) is 20.0 Å². The highest BCUT2D eigenvalue weighted by molar-refractivity contribution is 5.83. The number of benzene rings is 1. The first-order valence-electron chi connectivity index (χ1n) is 5.57. The molecule has 0 aliphatic heterocycles. The summed E-state index contributed by atoms with van der Waals surface area (Å²) in [6.45, 7) is 4.61. The molecule has 0 spiro atoms. The molecule has 0 fully saturated rings. The van der Waals surface area contributed by atoms with E-state index in [0.29, 0.717) is 6.54 Å². The van der Waals surface area contributed by atoms with E-state index in [2.05, 4.69) is 53.2 Å². The molecule has 0 atom stereocenters. The van der Waals surface area contributed by atoms with Gasteiger partial charge >= 0.3 is 0 Å². The van der Waals surface area contributed by atoms with Gasteiger partial charge in [0.2, 0.25) is 0 Å². The van der Waals surface area contributed by atoms with E-state index in [1.165, 1.54) is 16.5 Å². The molecule has 16 heavy (non-hydrogen) atoms. The molecule has 1 aromatic heterocycles. The van der Waals surface area contributed by atoms with Crippen molar-refractivity contribution in [3.05, 3.63) is 36.0 Å². The Bertz CT molecular complexity index is 517. The number of para-hydroxylation sites is 1. The molecule has 2 aromatic rings. The van der Waals surface area contributed by atoms with Crippen LogP contribution in [0.3, 0.4) is 0 Å². The molecule has 1 aromatic carbocycles. The lowest BCUT2D eigenvalue weighted by atomic mass is 10.1. The van der Waals surface area contributed by atoms with Gasteiger partial charge in [-0.15, -0.1) is 6.42 Å². The van der Waals surface area contributed by atoms with Crippen molar-refractivity contribution in [1.82, 2.24) is 9.88 Å². The monoisotopic (exact) mass is 212 g/mol. The van der Waals surface area contributed by atoms with Gasteiger partial charge in [-0.05, 0) is 23.6 Å². The number of nitrogens with zero attached hydrogens (tertiary/aromatic N) is 1. The van der Waals surface area contributed by atoms with E-state index in [4.69, 9.17) is 6.42 Å². The van der Waals surface area contributed by atoms with E-state index in [9.17, 15) is 0 Å². The van der Waals surface area contributed by atoms with Gasteiger partial charge < -0.3 is 9.88 Å². The van der Waals surface area contributed by atoms with Crippen molar-refractivity contribution in [1.29, 1.82) is 0 Å². The Morgan fingerprint density at radius 1 is 1.38 bits per heavy atom. The zero-order valence-electron chi connectivity index (χ0n) is 9.53. The van der Waals surface area contributed by atoms with Crippen molar-refractivity contribution in [2.75, 3.05) is 6.54 Å². The Hall–Kier alpha value is -1.72. The minimum Gasteiger partial charge on any atom is -0.336 e. The maximum absolute atomic E-state index is 5.37. The molecular weight excluding hydrogens is 196 g/mol. The Morgan fingerprint density at radius 3 is 3.00 bits per heavy atom. The Morgan fingerprint density at radius 2 is 2.25 bits per heavy atom. The third kappa shape index (κ3) is 1.95. The van der Waals surface area contributed by atoms with Crippen LogP contribution in [0.25, 0.3) is 10.9 Å². The maximum atomic E-state index is 5.37. The lowest BCUT2D eigenvalue weighted by molar-refractivity contribution is 0.725. The molecule has 0 unspecified atom stereocenters. The number of terminal acetylenes is 1. The van der Waals surface area contributed by atoms with Crippen LogP contribution in [0.15, 0.2) is 30.5 Å². The van der Waals surface area contributed by atoms with E-state index in [0.717, 1.165) is 13.1 Å². The number of hydrogen-bond acceptors (Lipinski definition) is 1. The lowest BCUT2D eigenvalue weighted by Gasteiger charge is -2.07. The summed E-state index contributed by atoms with van der Waals surface area (Å²) in [6.07, 6.45) is 7.43. The molecule has 0 aliphatic rings. The van der Waals surface area contributed by atoms with Crippen molar-refractivity contribution in [3.8, 4) is 12.3 Å². The Kier molecular flexibility index (Phi) is 3.28. The summed E-state index contributed by atoms with van der Waals surface area (Å²) in [4.78, 5) is 0. The van der Waals surface area contributed by atoms with Crippen LogP contribution in [0.4, 0.5) is 0 Å². The largest absolute Gasteiger partial charge is 0.336 e. The summed E-state index contributed by atoms with van der Waals surface area (Å²) in [5.74, 6) is 2.69. The third-order valence-corrected chi connectivity index (χ3v) is 2.70. The molecule has 2 nitrogen and oxygen atoms in total. The number of hydrogen-bond donors (Lipinski definition) is 1. The highest BCUT2D eigenvalue weighted by Crippen LogP contribution is 2.20. The second kappa shape index (κ2) is 4.87. The second-order valence-corrected chi connectivity index (χ2v) is 3.78. The highest BCUT2D eigenvalue weighted by Gasteiger charge is 2.04. The summed E-state index contributed by atoms with van der Waals surface area (Å²) in [5, 5.41) is 4.61. The molecule has 0 radical (unpaired) electrons. The highest BCUT2D eigenvalue weighted by atomic mass is 15.0. The first kappa shape index (κ1) is 10.8. The van der Waals surface area contributed by atoms with Crippen LogP contribution in [0, 0.1) is 12.3 Å². The maximum Gasteiger partial charge on any atom is 0.0835 e. The zero-order valence-corrected chi connectivity index (χ0v) is 9.53. The van der Waals surface area contributed by atoms with E-state index >= 15 is 0 Å². The molecular formula is C14H16N2. The summed E-state index contributed by atoms with van der Waals surface area (Å²) in [7, 11) is 0. The van der Waals surface area contributed by atoms with Gasteiger partial charge in [-0.3, -0.25) is 0 Å². The molecule has 1 heterocycles. The molecule has 0 aliphatic carbocycles. The average molecular weight is 212 g/mol. The number of nitrogens with one attached hydrogen (secondary N) is 1. The topological polar surface area (TPSA) is 17.0 Å². The van der Waals surface area contributed by atoms with Crippen LogP contribution in [-0.4, -0.2) is 11.1 Å². The number of fused-ring (bicyclic) bond motifs is 1. The molecule has 0 bridgehead atoms. The molecule has 1 N–H and O–H groups in total. The SMILES string of the molecule is C#CCn1ccc2cccc(CNCC)c21. The molecule has 0 saturated heterocycles. The number of rotatable bonds is 4.